The molecule has 0 unspecified atom stereocenters. The SMILES string of the molecule is C.CCC(=O)c1cc(NC(=O)N(c2ccccc2)C2CCN(Cc3ccc(Oc4ccc(S(C)(=O)=O)cc4)nc3)CC2)ccc1F. The van der Waals surface area contributed by atoms with Gasteiger partial charge in [0.25, 0.3) is 0 Å². The summed E-state index contributed by atoms with van der Waals surface area (Å²) in [6.45, 7) is 3.88. The summed E-state index contributed by atoms with van der Waals surface area (Å²) in [6.07, 6.45) is 4.56. The van der Waals surface area contributed by atoms with Gasteiger partial charge in [-0.05, 0) is 73.0 Å². The van der Waals surface area contributed by atoms with Crippen molar-refractivity contribution in [2.45, 2.75) is 51.1 Å². The Morgan fingerprint density at radius 1 is 1.00 bits per heavy atom. The zero-order chi connectivity index (χ0) is 32.0. The Bertz CT molecular complexity index is 1740. The molecule has 1 aliphatic heterocycles. The lowest BCUT2D eigenvalue weighted by atomic mass is 10.0. The highest BCUT2D eigenvalue weighted by molar-refractivity contribution is 7.90. The van der Waals surface area contributed by atoms with E-state index < -0.39 is 15.7 Å². The van der Waals surface area contributed by atoms with Crippen molar-refractivity contribution in [3.63, 3.8) is 0 Å². The standard InChI is InChI=1S/C34H35FN4O5S.CH4/c1-3-32(40)30-21-25(10-15-31(30)35)37-34(41)39(26-7-5-4-6-8-26)27-17-19-38(20-18-27)23-24-9-16-33(36-22-24)44-28-11-13-29(14-12-28)45(2,42)43;/h4-16,21-22,27H,3,17-20,23H2,1-2H3,(H,37,41);1H4. The summed E-state index contributed by atoms with van der Waals surface area (Å²) in [5.41, 5.74) is 2.10. The van der Waals surface area contributed by atoms with Crippen molar-refractivity contribution in [3.8, 4) is 11.6 Å². The first kappa shape index (κ1) is 34.3. The minimum Gasteiger partial charge on any atom is -0.439 e. The molecular weight excluding hydrogens is 607 g/mol. The Morgan fingerprint density at radius 2 is 1.70 bits per heavy atom. The van der Waals surface area contributed by atoms with Gasteiger partial charge in [-0.15, -0.1) is 0 Å². The van der Waals surface area contributed by atoms with Crippen molar-refractivity contribution in [3.05, 3.63) is 108 Å². The number of benzene rings is 3. The zero-order valence-corrected chi connectivity index (χ0v) is 26.0. The Balaban J connectivity index is 0.00000480. The number of nitrogens with one attached hydrogen (secondary N) is 1. The second-order valence-corrected chi connectivity index (χ2v) is 13.0. The number of pyridine rings is 1. The van der Waals surface area contributed by atoms with Gasteiger partial charge in [0.05, 0.1) is 10.5 Å². The number of nitrogens with zero attached hydrogens (tertiary/aromatic N) is 3. The van der Waals surface area contributed by atoms with Crippen LogP contribution in [-0.4, -0.2) is 55.5 Å². The number of hydrogen-bond acceptors (Lipinski definition) is 7. The van der Waals surface area contributed by atoms with Crippen LogP contribution in [0.25, 0.3) is 0 Å². The number of halogens is 1. The number of likely N-dealkylation sites (tertiary alicyclic amines) is 1. The molecule has 9 nitrogen and oxygen atoms in total. The fourth-order valence-corrected chi connectivity index (χ4v) is 5.94. The Hall–Kier alpha value is -4.61. The van der Waals surface area contributed by atoms with Crippen LogP contribution in [0.4, 0.5) is 20.6 Å². The largest absolute Gasteiger partial charge is 0.439 e. The number of carbonyl (C=O) groups is 2. The summed E-state index contributed by atoms with van der Waals surface area (Å²) in [5.74, 6) is -0.0346. The molecule has 0 radical (unpaired) electrons. The molecule has 1 saturated heterocycles. The number of carbonyl (C=O) groups excluding carboxylic acids is 2. The van der Waals surface area contributed by atoms with Gasteiger partial charge in [-0.25, -0.2) is 22.6 Å². The molecule has 5 rings (SSSR count). The highest BCUT2D eigenvalue weighted by Crippen LogP contribution is 2.27. The van der Waals surface area contributed by atoms with Crippen LogP contribution in [0.5, 0.6) is 11.6 Å². The first-order valence-corrected chi connectivity index (χ1v) is 16.6. The maximum atomic E-state index is 14.2. The van der Waals surface area contributed by atoms with E-state index in [4.69, 9.17) is 4.74 Å². The van der Waals surface area contributed by atoms with E-state index in [1.54, 1.807) is 36.2 Å². The van der Waals surface area contributed by atoms with Crippen LogP contribution < -0.4 is 15.0 Å². The summed E-state index contributed by atoms with van der Waals surface area (Å²) < 4.78 is 43.3. The van der Waals surface area contributed by atoms with Gasteiger partial charge >= 0.3 is 6.03 Å². The van der Waals surface area contributed by atoms with Crippen LogP contribution in [0.1, 0.15) is 49.5 Å². The number of ketones is 1. The minimum absolute atomic E-state index is 0. The highest BCUT2D eigenvalue weighted by Gasteiger charge is 2.29. The van der Waals surface area contributed by atoms with E-state index in [2.05, 4.69) is 15.2 Å². The smallest absolute Gasteiger partial charge is 0.326 e. The van der Waals surface area contributed by atoms with Crippen LogP contribution in [0, 0.1) is 5.82 Å². The van der Waals surface area contributed by atoms with Crippen molar-refractivity contribution < 1.29 is 27.1 Å². The molecule has 0 bridgehead atoms. The van der Waals surface area contributed by atoms with Crippen LogP contribution in [0.2, 0.25) is 0 Å². The number of amides is 2. The number of hydrogen-bond donors (Lipinski definition) is 1. The third-order valence-corrected chi connectivity index (χ3v) is 8.82. The fourth-order valence-electron chi connectivity index (χ4n) is 5.31. The number of urea groups is 1. The highest BCUT2D eigenvalue weighted by atomic mass is 32.2. The lowest BCUT2D eigenvalue weighted by Gasteiger charge is -2.38. The predicted molar refractivity (Wildman–Crippen MR) is 178 cm³/mol. The predicted octanol–water partition coefficient (Wildman–Crippen LogP) is 7.35. The van der Waals surface area contributed by atoms with Crippen molar-refractivity contribution in [1.82, 2.24) is 9.88 Å². The molecule has 11 heteroatoms. The molecule has 0 atom stereocenters. The lowest BCUT2D eigenvalue weighted by Crippen LogP contribution is -2.49. The number of sulfone groups is 1. The van der Waals surface area contributed by atoms with Gasteiger partial charge in [0.1, 0.15) is 11.6 Å². The molecule has 1 N–H and O–H groups in total. The molecule has 1 aromatic heterocycles. The van der Waals surface area contributed by atoms with E-state index in [-0.39, 0.29) is 42.2 Å². The van der Waals surface area contributed by atoms with Gasteiger partial charge in [0.2, 0.25) is 5.88 Å². The summed E-state index contributed by atoms with van der Waals surface area (Å²) in [7, 11) is -3.28. The molecule has 2 amide bonds. The molecule has 3 aromatic carbocycles. The zero-order valence-electron chi connectivity index (χ0n) is 25.1. The van der Waals surface area contributed by atoms with Crippen molar-refractivity contribution in [2.24, 2.45) is 0 Å². The van der Waals surface area contributed by atoms with Gasteiger partial charge in [-0.1, -0.05) is 38.6 Å². The maximum absolute atomic E-state index is 14.2. The molecule has 1 aliphatic rings. The van der Waals surface area contributed by atoms with Gasteiger partial charge in [-0.2, -0.15) is 0 Å². The lowest BCUT2D eigenvalue weighted by molar-refractivity contribution is 0.0984. The van der Waals surface area contributed by atoms with Crippen LogP contribution >= 0.6 is 0 Å². The van der Waals surface area contributed by atoms with Crippen LogP contribution in [0.3, 0.4) is 0 Å². The molecule has 0 saturated carbocycles. The first-order chi connectivity index (χ1) is 21.6. The van der Waals surface area contributed by atoms with E-state index in [0.717, 1.165) is 43.4 Å². The summed E-state index contributed by atoms with van der Waals surface area (Å²) in [4.78, 5) is 34.5. The molecule has 0 aliphatic carbocycles. The monoisotopic (exact) mass is 646 g/mol. The molecule has 46 heavy (non-hydrogen) atoms. The van der Waals surface area contributed by atoms with E-state index >= 15 is 0 Å². The molecule has 4 aromatic rings. The van der Waals surface area contributed by atoms with Gasteiger partial charge < -0.3 is 10.1 Å². The minimum atomic E-state index is -3.28. The average molecular weight is 647 g/mol. The van der Waals surface area contributed by atoms with Crippen molar-refractivity contribution in [1.29, 1.82) is 0 Å². The maximum Gasteiger partial charge on any atom is 0.326 e. The van der Waals surface area contributed by atoms with Gasteiger partial charge in [-0.3, -0.25) is 14.6 Å². The van der Waals surface area contributed by atoms with E-state index in [1.807, 2.05) is 36.4 Å². The third kappa shape index (κ3) is 8.55. The number of rotatable bonds is 10. The number of piperidine rings is 1. The quantitative estimate of drug-likeness (QED) is 0.180. The number of aromatic nitrogens is 1. The fraction of sp³-hybridized carbons (Fsp3) is 0.286. The van der Waals surface area contributed by atoms with Crippen molar-refractivity contribution in [2.75, 3.05) is 29.6 Å². The summed E-state index contributed by atoms with van der Waals surface area (Å²) in [6, 6.07) is 23.0. The van der Waals surface area contributed by atoms with Crippen LogP contribution in [-0.2, 0) is 16.4 Å². The number of ether oxygens (including phenoxy) is 1. The van der Waals surface area contributed by atoms with Gasteiger partial charge in [0.15, 0.2) is 15.6 Å². The molecule has 242 valence electrons. The van der Waals surface area contributed by atoms with Crippen molar-refractivity contribution >= 4 is 33.0 Å². The first-order valence-electron chi connectivity index (χ1n) is 14.7. The third-order valence-electron chi connectivity index (χ3n) is 7.69. The topological polar surface area (TPSA) is 109 Å². The molecular formula is C35H39FN4O5S. The Morgan fingerprint density at radius 3 is 2.30 bits per heavy atom. The summed E-state index contributed by atoms with van der Waals surface area (Å²) >= 11 is 0. The van der Waals surface area contributed by atoms with Crippen LogP contribution in [0.15, 0.2) is 96.0 Å². The van der Waals surface area contributed by atoms with E-state index in [9.17, 15) is 22.4 Å². The second kappa shape index (κ2) is 15.1. The Labute approximate surface area is 269 Å². The number of Topliss-reactive ketones (excluding diaryl/α,β-unsaturated/α-hetero) is 1. The second-order valence-electron chi connectivity index (χ2n) is 11.0. The van der Waals surface area contributed by atoms with E-state index in [1.165, 1.54) is 30.3 Å². The normalized spacial score (nSPS) is 13.8. The number of anilines is 2. The Kier molecular flexibility index (Phi) is 11.3. The molecule has 0 spiro atoms. The van der Waals surface area contributed by atoms with Gasteiger partial charge in [0, 0.05) is 62.0 Å². The molecule has 2 heterocycles. The van der Waals surface area contributed by atoms with E-state index in [0.29, 0.717) is 23.9 Å². The number of para-hydroxylation sites is 1. The average Bonchev–Trinajstić information content (AvgIpc) is 3.04. The summed E-state index contributed by atoms with van der Waals surface area (Å²) in [5, 5.41) is 2.87. The molecule has 1 fully saturated rings.